The summed E-state index contributed by atoms with van der Waals surface area (Å²) in [6, 6.07) is 9.74. The maximum atomic E-state index is 13.6. The van der Waals surface area contributed by atoms with Gasteiger partial charge in [-0.15, -0.1) is 0 Å². The first-order chi connectivity index (χ1) is 9.24. The van der Waals surface area contributed by atoms with Crippen molar-refractivity contribution in [1.29, 1.82) is 0 Å². The van der Waals surface area contributed by atoms with Crippen molar-refractivity contribution in [3.8, 4) is 0 Å². The SMILES string of the molecule is CCCCCOC(=O)c1ccc(F)c2ccccc12. The highest BCUT2D eigenvalue weighted by Gasteiger charge is 2.13. The normalized spacial score (nSPS) is 10.6. The Hall–Kier alpha value is -1.90. The average molecular weight is 260 g/mol. The van der Waals surface area contributed by atoms with Gasteiger partial charge in [0.2, 0.25) is 0 Å². The van der Waals surface area contributed by atoms with E-state index in [9.17, 15) is 9.18 Å². The molecule has 0 atom stereocenters. The van der Waals surface area contributed by atoms with Gasteiger partial charge >= 0.3 is 5.97 Å². The van der Waals surface area contributed by atoms with Gasteiger partial charge in [-0.05, 0) is 23.9 Å². The third-order valence-corrected chi connectivity index (χ3v) is 3.07. The van der Waals surface area contributed by atoms with E-state index < -0.39 is 0 Å². The average Bonchev–Trinajstić information content (AvgIpc) is 2.44. The number of benzene rings is 2. The van der Waals surface area contributed by atoms with Crippen LogP contribution in [0.4, 0.5) is 4.39 Å². The van der Waals surface area contributed by atoms with Gasteiger partial charge in [0, 0.05) is 5.39 Å². The van der Waals surface area contributed by atoms with Crippen LogP contribution >= 0.6 is 0 Å². The second kappa shape index (κ2) is 6.32. The van der Waals surface area contributed by atoms with Crippen molar-refractivity contribution in [2.24, 2.45) is 0 Å². The first-order valence-corrected chi connectivity index (χ1v) is 6.58. The summed E-state index contributed by atoms with van der Waals surface area (Å²) in [5, 5.41) is 1.05. The predicted octanol–water partition coefficient (Wildman–Crippen LogP) is 4.33. The van der Waals surface area contributed by atoms with Gasteiger partial charge in [-0.25, -0.2) is 9.18 Å². The molecule has 0 aliphatic heterocycles. The molecule has 2 aromatic carbocycles. The number of fused-ring (bicyclic) bond motifs is 1. The van der Waals surface area contributed by atoms with Crippen LogP contribution in [0.25, 0.3) is 10.8 Å². The molecule has 0 saturated carbocycles. The van der Waals surface area contributed by atoms with Crippen molar-refractivity contribution in [1.82, 2.24) is 0 Å². The number of esters is 1. The lowest BCUT2D eigenvalue weighted by Gasteiger charge is -2.08. The molecule has 0 heterocycles. The number of hydrogen-bond donors (Lipinski definition) is 0. The lowest BCUT2D eigenvalue weighted by molar-refractivity contribution is 0.0500. The van der Waals surface area contributed by atoms with E-state index in [4.69, 9.17) is 4.74 Å². The number of halogens is 1. The van der Waals surface area contributed by atoms with Gasteiger partial charge in [0.25, 0.3) is 0 Å². The van der Waals surface area contributed by atoms with Crippen LogP contribution < -0.4 is 0 Å². The zero-order valence-corrected chi connectivity index (χ0v) is 11.0. The first-order valence-electron chi connectivity index (χ1n) is 6.58. The Kier molecular flexibility index (Phi) is 4.50. The number of carbonyl (C=O) groups excluding carboxylic acids is 1. The monoisotopic (exact) mass is 260 g/mol. The van der Waals surface area contributed by atoms with Gasteiger partial charge in [-0.1, -0.05) is 44.0 Å². The minimum atomic E-state index is -0.382. The zero-order valence-electron chi connectivity index (χ0n) is 11.0. The maximum absolute atomic E-state index is 13.6. The van der Waals surface area contributed by atoms with Crippen LogP contribution in [0.3, 0.4) is 0 Å². The molecule has 0 aliphatic carbocycles. The van der Waals surface area contributed by atoms with E-state index in [1.165, 1.54) is 12.1 Å². The van der Waals surface area contributed by atoms with Gasteiger partial charge < -0.3 is 4.74 Å². The summed E-state index contributed by atoms with van der Waals surface area (Å²) in [6.07, 6.45) is 2.98. The molecule has 0 spiro atoms. The fourth-order valence-corrected chi connectivity index (χ4v) is 2.03. The third-order valence-electron chi connectivity index (χ3n) is 3.07. The van der Waals surface area contributed by atoms with Crippen LogP contribution in [-0.4, -0.2) is 12.6 Å². The molecular formula is C16H17FO2. The quantitative estimate of drug-likeness (QED) is 0.591. The lowest BCUT2D eigenvalue weighted by atomic mass is 10.0. The maximum Gasteiger partial charge on any atom is 0.338 e. The molecule has 0 fully saturated rings. The topological polar surface area (TPSA) is 26.3 Å². The number of rotatable bonds is 5. The zero-order chi connectivity index (χ0) is 13.7. The Morgan fingerprint density at radius 1 is 1.11 bits per heavy atom. The third kappa shape index (κ3) is 3.11. The summed E-state index contributed by atoms with van der Waals surface area (Å²) >= 11 is 0. The minimum Gasteiger partial charge on any atom is -0.462 e. The van der Waals surface area contributed by atoms with Crippen molar-refractivity contribution in [2.75, 3.05) is 6.61 Å². The second-order valence-electron chi connectivity index (χ2n) is 4.48. The molecule has 3 heteroatoms. The molecule has 0 radical (unpaired) electrons. The fraction of sp³-hybridized carbons (Fsp3) is 0.312. The van der Waals surface area contributed by atoms with Gasteiger partial charge in [-0.2, -0.15) is 0 Å². The van der Waals surface area contributed by atoms with Crippen molar-refractivity contribution >= 4 is 16.7 Å². The molecule has 2 nitrogen and oxygen atoms in total. The summed E-state index contributed by atoms with van der Waals surface area (Å²) in [5.41, 5.74) is 0.425. The van der Waals surface area contributed by atoms with Crippen LogP contribution in [0.5, 0.6) is 0 Å². The van der Waals surface area contributed by atoms with E-state index in [1.54, 1.807) is 24.3 Å². The van der Waals surface area contributed by atoms with Crippen LogP contribution in [0.15, 0.2) is 36.4 Å². The molecule has 0 aromatic heterocycles. The fourth-order valence-electron chi connectivity index (χ4n) is 2.03. The molecular weight excluding hydrogens is 243 g/mol. The molecule has 0 saturated heterocycles. The number of hydrogen-bond acceptors (Lipinski definition) is 2. The Morgan fingerprint density at radius 3 is 2.58 bits per heavy atom. The molecule has 19 heavy (non-hydrogen) atoms. The molecule has 2 aromatic rings. The highest BCUT2D eigenvalue weighted by molar-refractivity contribution is 6.04. The van der Waals surface area contributed by atoms with Gasteiger partial charge in [0.1, 0.15) is 5.82 Å². The van der Waals surface area contributed by atoms with Gasteiger partial charge in [0.15, 0.2) is 0 Å². The highest BCUT2D eigenvalue weighted by atomic mass is 19.1. The number of unbranched alkanes of at least 4 members (excludes halogenated alkanes) is 2. The molecule has 0 bridgehead atoms. The summed E-state index contributed by atoms with van der Waals surface area (Å²) < 4.78 is 18.8. The minimum absolute atomic E-state index is 0.321. The standard InChI is InChI=1S/C16H17FO2/c1-2-3-6-11-19-16(18)14-9-10-15(17)13-8-5-4-7-12(13)14/h4-5,7-10H,2-3,6,11H2,1H3. The predicted molar refractivity (Wildman–Crippen MR) is 73.7 cm³/mol. The first kappa shape index (κ1) is 13.5. The molecule has 0 unspecified atom stereocenters. The molecule has 0 N–H and O–H groups in total. The molecule has 0 amide bonds. The van der Waals surface area contributed by atoms with E-state index in [0.717, 1.165) is 19.3 Å². The van der Waals surface area contributed by atoms with E-state index in [2.05, 4.69) is 6.92 Å². The van der Waals surface area contributed by atoms with Crippen molar-refractivity contribution < 1.29 is 13.9 Å². The molecule has 0 aliphatic rings. The molecule has 2 rings (SSSR count). The van der Waals surface area contributed by atoms with E-state index >= 15 is 0 Å². The van der Waals surface area contributed by atoms with Gasteiger partial charge in [0.05, 0.1) is 12.2 Å². The van der Waals surface area contributed by atoms with Crippen molar-refractivity contribution in [3.63, 3.8) is 0 Å². The second-order valence-corrected chi connectivity index (χ2v) is 4.48. The summed E-state index contributed by atoms with van der Waals surface area (Å²) in [4.78, 5) is 12.0. The van der Waals surface area contributed by atoms with E-state index in [0.29, 0.717) is 22.9 Å². The van der Waals surface area contributed by atoms with E-state index in [1.807, 2.05) is 0 Å². The Labute approximate surface area is 112 Å². The Morgan fingerprint density at radius 2 is 1.84 bits per heavy atom. The summed E-state index contributed by atoms with van der Waals surface area (Å²) in [6.45, 7) is 2.51. The largest absolute Gasteiger partial charge is 0.462 e. The lowest BCUT2D eigenvalue weighted by Crippen LogP contribution is -2.07. The van der Waals surface area contributed by atoms with Crippen LogP contribution in [0.1, 0.15) is 36.5 Å². The van der Waals surface area contributed by atoms with E-state index in [-0.39, 0.29) is 11.8 Å². The number of ether oxygens (including phenoxy) is 1. The summed E-state index contributed by atoms with van der Waals surface area (Å²) in [7, 11) is 0. The van der Waals surface area contributed by atoms with Gasteiger partial charge in [-0.3, -0.25) is 0 Å². The van der Waals surface area contributed by atoms with Crippen LogP contribution in [0.2, 0.25) is 0 Å². The van der Waals surface area contributed by atoms with Crippen LogP contribution in [-0.2, 0) is 4.74 Å². The van der Waals surface area contributed by atoms with Crippen molar-refractivity contribution in [3.05, 3.63) is 47.8 Å². The van der Waals surface area contributed by atoms with Crippen molar-refractivity contribution in [2.45, 2.75) is 26.2 Å². The highest BCUT2D eigenvalue weighted by Crippen LogP contribution is 2.22. The molecule has 100 valence electrons. The summed E-state index contributed by atoms with van der Waals surface area (Å²) in [5.74, 6) is -0.703. The smallest absolute Gasteiger partial charge is 0.338 e. The number of carbonyl (C=O) groups is 1. The Balaban J connectivity index is 2.20. The van der Waals surface area contributed by atoms with Crippen LogP contribution in [0, 0.1) is 5.82 Å². The Bertz CT molecular complexity index is 578.